The highest BCUT2D eigenvalue weighted by Crippen LogP contribution is 2.28. The van der Waals surface area contributed by atoms with Crippen molar-refractivity contribution < 1.29 is 9.63 Å². The van der Waals surface area contributed by atoms with Gasteiger partial charge in [0.2, 0.25) is 0 Å². The molecule has 0 amide bonds. The van der Waals surface area contributed by atoms with Gasteiger partial charge in [-0.05, 0) is 30.3 Å². The fourth-order valence-corrected chi connectivity index (χ4v) is 3.12. The summed E-state index contributed by atoms with van der Waals surface area (Å²) < 4.78 is 5.51. The van der Waals surface area contributed by atoms with Crippen molar-refractivity contribution >= 4 is 33.8 Å². The number of hydrogen-bond acceptors (Lipinski definition) is 7. The quantitative estimate of drug-likeness (QED) is 0.263. The summed E-state index contributed by atoms with van der Waals surface area (Å²) in [4.78, 5) is 6.91. The number of aromatic nitrogens is 5. The number of aromatic amines is 2. The van der Waals surface area contributed by atoms with E-state index in [1.807, 2.05) is 48.5 Å². The highest BCUT2D eigenvalue weighted by molar-refractivity contribution is 5.83. The zero-order valence-corrected chi connectivity index (χ0v) is 15.6. The van der Waals surface area contributed by atoms with Gasteiger partial charge in [-0.25, -0.2) is 4.98 Å². The number of nitrogens with zero attached hydrogens (tertiary/aromatic N) is 3. The predicted molar refractivity (Wildman–Crippen MR) is 114 cm³/mol. The smallest absolute Gasteiger partial charge is 0.174 e. The number of H-pyrrole nitrogens is 2. The van der Waals surface area contributed by atoms with Crippen LogP contribution in [0.5, 0.6) is 0 Å². The molecule has 0 bridgehead atoms. The van der Waals surface area contributed by atoms with Crippen LogP contribution in [-0.4, -0.2) is 30.4 Å². The van der Waals surface area contributed by atoms with Crippen LogP contribution in [0.3, 0.4) is 0 Å². The standard InChI is InChI=1S/C21H17N7O2/c29-11-19(18-10-22-12-23-18)25-15-3-1-2-13(6-15)20-8-21(28-30-20)26-16-4-5-17-14(7-16)9-24-27-17/h1-12,25,29H,(H,22,23)(H,24,27)(H,26,28)/b19-11-. The molecule has 0 unspecified atom stereocenters. The van der Waals surface area contributed by atoms with Gasteiger partial charge in [0.15, 0.2) is 11.6 Å². The molecule has 9 heteroatoms. The molecule has 2 aromatic carbocycles. The highest BCUT2D eigenvalue weighted by Gasteiger charge is 2.10. The van der Waals surface area contributed by atoms with E-state index < -0.39 is 0 Å². The molecule has 0 aliphatic carbocycles. The Bertz CT molecular complexity index is 1320. The van der Waals surface area contributed by atoms with E-state index in [-0.39, 0.29) is 0 Å². The summed E-state index contributed by atoms with van der Waals surface area (Å²) in [6, 6.07) is 15.3. The van der Waals surface area contributed by atoms with Gasteiger partial charge in [0.05, 0.1) is 35.6 Å². The van der Waals surface area contributed by atoms with Gasteiger partial charge < -0.3 is 25.2 Å². The molecule has 0 radical (unpaired) electrons. The highest BCUT2D eigenvalue weighted by atomic mass is 16.5. The van der Waals surface area contributed by atoms with E-state index in [2.05, 4.69) is 36.0 Å². The number of anilines is 3. The van der Waals surface area contributed by atoms with E-state index in [1.165, 1.54) is 0 Å². The molecule has 0 spiro atoms. The Hall–Kier alpha value is -4.53. The summed E-state index contributed by atoms with van der Waals surface area (Å²) in [5, 5.41) is 28.0. The molecule has 0 saturated carbocycles. The van der Waals surface area contributed by atoms with Crippen LogP contribution < -0.4 is 10.6 Å². The van der Waals surface area contributed by atoms with E-state index in [0.717, 1.165) is 34.1 Å². The van der Waals surface area contributed by atoms with Crippen LogP contribution in [0, 0.1) is 0 Å². The van der Waals surface area contributed by atoms with Crippen LogP contribution >= 0.6 is 0 Å². The van der Waals surface area contributed by atoms with Crippen LogP contribution in [0.4, 0.5) is 17.2 Å². The number of rotatable bonds is 6. The second-order valence-corrected chi connectivity index (χ2v) is 6.59. The molecule has 3 heterocycles. The van der Waals surface area contributed by atoms with Gasteiger partial charge in [-0.2, -0.15) is 5.10 Å². The fourth-order valence-electron chi connectivity index (χ4n) is 3.12. The summed E-state index contributed by atoms with van der Waals surface area (Å²) in [5.41, 5.74) is 4.64. The van der Waals surface area contributed by atoms with E-state index in [9.17, 15) is 5.11 Å². The lowest BCUT2D eigenvalue weighted by molar-refractivity contribution is 0.435. The van der Waals surface area contributed by atoms with Gasteiger partial charge in [-0.15, -0.1) is 0 Å². The lowest BCUT2D eigenvalue weighted by Crippen LogP contribution is -1.99. The Kier molecular flexibility index (Phi) is 4.37. The summed E-state index contributed by atoms with van der Waals surface area (Å²) in [6.07, 6.45) is 5.93. The molecule has 148 valence electrons. The topological polar surface area (TPSA) is 128 Å². The largest absolute Gasteiger partial charge is 0.513 e. The van der Waals surface area contributed by atoms with E-state index in [0.29, 0.717) is 23.0 Å². The summed E-state index contributed by atoms with van der Waals surface area (Å²) in [7, 11) is 0. The number of fused-ring (bicyclic) bond motifs is 1. The molecule has 0 aliphatic rings. The first-order valence-electron chi connectivity index (χ1n) is 9.16. The third-order valence-corrected chi connectivity index (χ3v) is 4.57. The molecule has 0 atom stereocenters. The zero-order valence-electron chi connectivity index (χ0n) is 15.6. The average Bonchev–Trinajstić information content (AvgIpc) is 3.53. The first-order chi connectivity index (χ1) is 14.8. The van der Waals surface area contributed by atoms with Gasteiger partial charge in [0.25, 0.3) is 0 Å². The normalized spacial score (nSPS) is 11.7. The summed E-state index contributed by atoms with van der Waals surface area (Å²) in [5.74, 6) is 1.21. The summed E-state index contributed by atoms with van der Waals surface area (Å²) >= 11 is 0. The predicted octanol–water partition coefficient (Wildman–Crippen LogP) is 4.65. The number of hydrogen-bond donors (Lipinski definition) is 5. The lowest BCUT2D eigenvalue weighted by Gasteiger charge is -2.09. The molecule has 0 saturated heterocycles. The van der Waals surface area contributed by atoms with Gasteiger partial charge in [0, 0.05) is 28.4 Å². The van der Waals surface area contributed by atoms with Gasteiger partial charge >= 0.3 is 0 Å². The van der Waals surface area contributed by atoms with Crippen molar-refractivity contribution in [2.75, 3.05) is 10.6 Å². The number of benzene rings is 2. The average molecular weight is 399 g/mol. The Morgan fingerprint density at radius 3 is 2.90 bits per heavy atom. The van der Waals surface area contributed by atoms with Crippen molar-refractivity contribution in [2.24, 2.45) is 0 Å². The Balaban J connectivity index is 1.35. The first-order valence-corrected chi connectivity index (χ1v) is 9.16. The minimum absolute atomic E-state index is 0.499. The monoisotopic (exact) mass is 399 g/mol. The second kappa shape index (κ2) is 7.47. The first kappa shape index (κ1) is 17.6. The maximum Gasteiger partial charge on any atom is 0.174 e. The third-order valence-electron chi connectivity index (χ3n) is 4.57. The number of nitrogens with one attached hydrogen (secondary N) is 4. The molecular formula is C21H17N7O2. The van der Waals surface area contributed by atoms with Gasteiger partial charge in [0.1, 0.15) is 6.26 Å². The minimum Gasteiger partial charge on any atom is -0.513 e. The second-order valence-electron chi connectivity index (χ2n) is 6.59. The fraction of sp³-hybridized carbons (Fsp3) is 0. The molecule has 9 nitrogen and oxygen atoms in total. The van der Waals surface area contributed by atoms with Crippen LogP contribution in [0.15, 0.2) is 78.0 Å². The van der Waals surface area contributed by atoms with Crippen molar-refractivity contribution in [3.05, 3.63) is 79.2 Å². The third kappa shape index (κ3) is 3.47. The molecule has 5 N–H and O–H groups in total. The Morgan fingerprint density at radius 1 is 1.07 bits per heavy atom. The minimum atomic E-state index is 0.499. The SMILES string of the molecule is O/C=C(\Nc1cccc(-c2cc(Nc3ccc4[nH]ncc4c3)no2)c1)c1cnc[nH]1. The van der Waals surface area contributed by atoms with Crippen molar-refractivity contribution in [3.8, 4) is 11.3 Å². The van der Waals surface area contributed by atoms with E-state index in [4.69, 9.17) is 4.52 Å². The van der Waals surface area contributed by atoms with Crippen LogP contribution in [-0.2, 0) is 0 Å². The molecule has 5 aromatic rings. The number of aliphatic hydroxyl groups is 1. The molecule has 30 heavy (non-hydrogen) atoms. The lowest BCUT2D eigenvalue weighted by atomic mass is 10.1. The maximum absolute atomic E-state index is 9.53. The number of aliphatic hydroxyl groups excluding tert-OH is 1. The number of imidazole rings is 1. The van der Waals surface area contributed by atoms with Crippen molar-refractivity contribution in [3.63, 3.8) is 0 Å². The van der Waals surface area contributed by atoms with Crippen molar-refractivity contribution in [1.29, 1.82) is 0 Å². The van der Waals surface area contributed by atoms with Crippen LogP contribution in [0.2, 0.25) is 0 Å². The summed E-state index contributed by atoms with van der Waals surface area (Å²) in [6.45, 7) is 0. The Morgan fingerprint density at radius 2 is 2.03 bits per heavy atom. The van der Waals surface area contributed by atoms with Crippen molar-refractivity contribution in [1.82, 2.24) is 25.3 Å². The molecule has 5 rings (SSSR count). The van der Waals surface area contributed by atoms with E-state index >= 15 is 0 Å². The van der Waals surface area contributed by atoms with Crippen LogP contribution in [0.25, 0.3) is 27.9 Å². The maximum atomic E-state index is 9.53. The van der Waals surface area contributed by atoms with Gasteiger partial charge in [-0.1, -0.05) is 17.3 Å². The van der Waals surface area contributed by atoms with Crippen molar-refractivity contribution in [2.45, 2.75) is 0 Å². The van der Waals surface area contributed by atoms with Gasteiger partial charge in [-0.3, -0.25) is 5.10 Å². The molecule has 0 aliphatic heterocycles. The molecule has 0 fully saturated rings. The molecular weight excluding hydrogens is 382 g/mol. The van der Waals surface area contributed by atoms with E-state index in [1.54, 1.807) is 18.7 Å². The Labute approximate surface area is 170 Å². The zero-order chi connectivity index (χ0) is 20.3. The van der Waals surface area contributed by atoms with Crippen LogP contribution in [0.1, 0.15) is 5.69 Å². The molecule has 3 aromatic heterocycles.